The molecule has 8 aromatic carbocycles. The molecule has 4 heteroatoms. The zero-order valence-corrected chi connectivity index (χ0v) is 30.6. The van der Waals surface area contributed by atoms with E-state index in [4.69, 9.17) is 0 Å². The Morgan fingerprint density at radius 2 is 1.27 bits per heavy atom. The summed E-state index contributed by atoms with van der Waals surface area (Å²) in [6.45, 7) is 0. The van der Waals surface area contributed by atoms with E-state index in [1.165, 1.54) is 64.3 Å². The second-order valence-electron chi connectivity index (χ2n) is 14.2. The van der Waals surface area contributed by atoms with E-state index in [1.807, 2.05) is 53.8 Å². The first-order valence-electron chi connectivity index (χ1n) is 18.6. The second kappa shape index (κ2) is 12.6. The van der Waals surface area contributed by atoms with E-state index >= 15 is 0 Å². The molecule has 11 rings (SSSR count). The van der Waals surface area contributed by atoms with Gasteiger partial charge < -0.3 is 5.41 Å². The number of thiophene rings is 1. The van der Waals surface area contributed by atoms with Crippen molar-refractivity contribution in [1.29, 1.82) is 5.41 Å². The van der Waals surface area contributed by atoms with Gasteiger partial charge in [0.1, 0.15) is 0 Å². The molecule has 0 bridgehead atoms. The Morgan fingerprint density at radius 3 is 2.15 bits per heavy atom. The fourth-order valence-electron chi connectivity index (χ4n) is 8.34. The van der Waals surface area contributed by atoms with Gasteiger partial charge in [-0.05, 0) is 92.3 Å². The van der Waals surface area contributed by atoms with Crippen LogP contribution in [0.4, 0.5) is 0 Å². The molecule has 0 atom stereocenters. The molecule has 0 aliphatic heterocycles. The lowest BCUT2D eigenvalue weighted by molar-refractivity contribution is 1.03. The highest BCUT2D eigenvalue weighted by Crippen LogP contribution is 2.54. The fourth-order valence-corrected chi connectivity index (χ4v) is 9.57. The van der Waals surface area contributed by atoms with Gasteiger partial charge in [-0.2, -0.15) is 0 Å². The Kier molecular flexibility index (Phi) is 7.19. The van der Waals surface area contributed by atoms with Gasteiger partial charge in [-0.1, -0.05) is 140 Å². The van der Waals surface area contributed by atoms with Gasteiger partial charge in [0.2, 0.25) is 0 Å². The zero-order chi connectivity index (χ0) is 36.5. The first-order chi connectivity index (χ1) is 27.2. The number of hydrogen-bond acceptors (Lipinski definition) is 3. The van der Waals surface area contributed by atoms with Gasteiger partial charge >= 0.3 is 0 Å². The van der Waals surface area contributed by atoms with E-state index in [1.54, 1.807) is 0 Å². The van der Waals surface area contributed by atoms with Crippen molar-refractivity contribution < 1.29 is 0 Å². The maximum Gasteiger partial charge on any atom is 0.0710 e. The van der Waals surface area contributed by atoms with Crippen LogP contribution in [0.25, 0.3) is 92.2 Å². The molecule has 0 saturated heterocycles. The Hall–Kier alpha value is -7.01. The molecule has 55 heavy (non-hydrogen) atoms. The number of rotatable bonds is 7. The van der Waals surface area contributed by atoms with Gasteiger partial charge in [0, 0.05) is 42.4 Å². The molecule has 1 aliphatic carbocycles. The summed E-state index contributed by atoms with van der Waals surface area (Å²) in [7, 11) is 0. The normalized spacial score (nSPS) is 12.5. The van der Waals surface area contributed by atoms with Crippen molar-refractivity contribution in [3.05, 3.63) is 199 Å². The van der Waals surface area contributed by atoms with Crippen LogP contribution in [0.5, 0.6) is 0 Å². The van der Waals surface area contributed by atoms with Crippen LogP contribution in [-0.2, 0) is 0 Å². The number of fused-ring (bicyclic) bond motifs is 9. The molecule has 10 aromatic rings. The molecule has 0 unspecified atom stereocenters. The van der Waals surface area contributed by atoms with Gasteiger partial charge in [-0.15, -0.1) is 11.3 Å². The first kappa shape index (κ1) is 31.5. The number of hydrogen-bond donors (Lipinski definition) is 2. The maximum absolute atomic E-state index is 9.20. The number of nitrogens with one attached hydrogen (secondary N) is 2. The predicted molar refractivity (Wildman–Crippen MR) is 236 cm³/mol. The lowest BCUT2D eigenvalue weighted by Gasteiger charge is -2.13. The quantitative estimate of drug-likeness (QED) is 0.125. The monoisotopic (exact) mass is 719 g/mol. The third-order valence-corrected chi connectivity index (χ3v) is 12.2. The SMILES string of the molecule is N=C(/C=C(/C=C\c1ccccc1)Nn1c2ccccc2c2cc(-c3ccc4sc5c(c4c3)-c3cccc4cccc-5c34)ccc21)c1ccc2ccccc2c1. The summed E-state index contributed by atoms with van der Waals surface area (Å²) in [4.78, 5) is 1.38. The van der Waals surface area contributed by atoms with Gasteiger partial charge in [-0.25, -0.2) is 0 Å². The number of para-hydroxylation sites is 1. The topological polar surface area (TPSA) is 40.8 Å². The average Bonchev–Trinajstić information content (AvgIpc) is 3.88. The van der Waals surface area contributed by atoms with Crippen LogP contribution in [0.15, 0.2) is 188 Å². The van der Waals surface area contributed by atoms with Gasteiger partial charge in [0.05, 0.1) is 22.4 Å². The Balaban J connectivity index is 1.01. The molecule has 2 N–H and O–H groups in total. The Morgan fingerprint density at radius 1 is 0.564 bits per heavy atom. The molecular weight excluding hydrogens is 687 g/mol. The molecule has 0 amide bonds. The highest BCUT2D eigenvalue weighted by atomic mass is 32.1. The third kappa shape index (κ3) is 5.22. The van der Waals surface area contributed by atoms with E-state index in [-0.39, 0.29) is 0 Å². The van der Waals surface area contributed by atoms with Crippen molar-refractivity contribution in [3.8, 4) is 32.7 Å². The zero-order valence-electron chi connectivity index (χ0n) is 29.8. The van der Waals surface area contributed by atoms with Crippen LogP contribution in [-0.4, -0.2) is 10.4 Å². The average molecular weight is 720 g/mol. The Bertz CT molecular complexity index is 3250. The minimum Gasteiger partial charge on any atom is -0.300 e. The van der Waals surface area contributed by atoms with Crippen molar-refractivity contribution in [2.24, 2.45) is 0 Å². The molecule has 3 nitrogen and oxygen atoms in total. The molecule has 1 aliphatic rings. The standard InChI is InChI=1S/C51H33N3S/c52-45(38-22-21-33-12-4-5-13-35(33)28-38)31-39(25-20-32-10-2-1-3-11-32)53-54-46-19-7-6-16-40(46)43-29-36(23-26-47(43)54)37-24-27-48-44(30-37)50-41-17-8-14-34-15-9-18-42(49(34)41)51(50)55-48/h1-31,52-53H/b25-20-,39-31-,52-45?. The number of allylic oxidation sites excluding steroid dienone is 2. The molecule has 0 saturated carbocycles. The minimum atomic E-state index is 0.434. The number of nitrogens with zero attached hydrogens (tertiary/aromatic N) is 1. The van der Waals surface area contributed by atoms with Crippen molar-refractivity contribution in [3.63, 3.8) is 0 Å². The Labute approximate surface area is 322 Å². The van der Waals surface area contributed by atoms with E-state index in [9.17, 15) is 5.41 Å². The van der Waals surface area contributed by atoms with Gasteiger partial charge in [0.25, 0.3) is 0 Å². The van der Waals surface area contributed by atoms with E-state index in [0.717, 1.165) is 38.6 Å². The summed E-state index contributed by atoms with van der Waals surface area (Å²) >= 11 is 1.90. The van der Waals surface area contributed by atoms with Crippen LogP contribution in [0, 0.1) is 5.41 Å². The van der Waals surface area contributed by atoms with Crippen molar-refractivity contribution in [2.75, 3.05) is 5.43 Å². The molecule has 258 valence electrons. The first-order valence-corrected chi connectivity index (χ1v) is 19.4. The fraction of sp³-hybridized carbons (Fsp3) is 0. The van der Waals surface area contributed by atoms with E-state index < -0.39 is 0 Å². The summed E-state index contributed by atoms with van der Waals surface area (Å²) in [5.74, 6) is 0. The van der Waals surface area contributed by atoms with E-state index in [2.05, 4.69) is 156 Å². The second-order valence-corrected chi connectivity index (χ2v) is 15.3. The summed E-state index contributed by atoms with van der Waals surface area (Å²) in [6, 6.07) is 60.5. The smallest absolute Gasteiger partial charge is 0.0710 e. The van der Waals surface area contributed by atoms with Gasteiger partial charge in [0.15, 0.2) is 0 Å². The van der Waals surface area contributed by atoms with Crippen LogP contribution in [0.1, 0.15) is 11.1 Å². The summed E-state index contributed by atoms with van der Waals surface area (Å²) < 4.78 is 3.48. The van der Waals surface area contributed by atoms with Gasteiger partial charge in [-0.3, -0.25) is 10.1 Å². The van der Waals surface area contributed by atoms with Crippen molar-refractivity contribution in [2.45, 2.75) is 0 Å². The van der Waals surface area contributed by atoms with Crippen LogP contribution in [0.2, 0.25) is 0 Å². The van der Waals surface area contributed by atoms with Crippen LogP contribution >= 0.6 is 11.3 Å². The van der Waals surface area contributed by atoms with E-state index in [0.29, 0.717) is 5.71 Å². The molecule has 2 heterocycles. The van der Waals surface area contributed by atoms with Crippen molar-refractivity contribution >= 4 is 76.6 Å². The molecular formula is C51H33N3S. The predicted octanol–water partition coefficient (Wildman–Crippen LogP) is 13.8. The lowest BCUT2D eigenvalue weighted by Crippen LogP contribution is -2.14. The van der Waals surface area contributed by atoms with Crippen LogP contribution in [0.3, 0.4) is 0 Å². The number of aromatic nitrogens is 1. The highest BCUT2D eigenvalue weighted by molar-refractivity contribution is 7.23. The summed E-state index contributed by atoms with van der Waals surface area (Å²) in [5, 5.41) is 17.8. The minimum absolute atomic E-state index is 0.434. The lowest BCUT2D eigenvalue weighted by atomic mass is 9.98. The van der Waals surface area contributed by atoms with Crippen LogP contribution < -0.4 is 5.43 Å². The molecule has 0 radical (unpaired) electrons. The third-order valence-electron chi connectivity index (χ3n) is 11.0. The maximum atomic E-state index is 9.20. The highest BCUT2D eigenvalue weighted by Gasteiger charge is 2.26. The summed E-state index contributed by atoms with van der Waals surface area (Å²) in [5.41, 5.74) is 15.5. The summed E-state index contributed by atoms with van der Waals surface area (Å²) in [6.07, 6.45) is 6.08. The largest absolute Gasteiger partial charge is 0.300 e. The molecule has 0 fully saturated rings. The molecule has 2 aromatic heterocycles. The molecule has 0 spiro atoms. The van der Waals surface area contributed by atoms with Crippen molar-refractivity contribution in [1.82, 2.24) is 4.68 Å². The number of benzene rings is 8.